The van der Waals surface area contributed by atoms with Crippen LogP contribution in [0.3, 0.4) is 0 Å². The molecule has 0 saturated heterocycles. The van der Waals surface area contributed by atoms with Crippen molar-refractivity contribution in [2.75, 3.05) is 13.7 Å². The van der Waals surface area contributed by atoms with Gasteiger partial charge >= 0.3 is 6.18 Å². The van der Waals surface area contributed by atoms with Crippen LogP contribution >= 0.6 is 23.2 Å². The monoisotopic (exact) mass is 392 g/mol. The van der Waals surface area contributed by atoms with Crippen molar-refractivity contribution in [3.8, 4) is 0 Å². The summed E-state index contributed by atoms with van der Waals surface area (Å²) in [6.45, 7) is -0.0143. The van der Waals surface area contributed by atoms with Gasteiger partial charge in [0.1, 0.15) is 10.3 Å². The number of nitrogens with one attached hydrogen (secondary N) is 1. The topological polar surface area (TPSA) is 51.2 Å². The Bertz CT molecular complexity index is 749. The van der Waals surface area contributed by atoms with Gasteiger partial charge in [0, 0.05) is 12.7 Å². The standard InChI is InChI=1S/C16H13Cl2F3N2O2/c1-25-8-12(9-3-2-4-11(5-9)16(19,20)21)22-15(24)10-6-13(17)23-14(18)7-10/h2-7,12H,8H2,1H3,(H,22,24). The summed E-state index contributed by atoms with van der Waals surface area (Å²) < 4.78 is 43.6. The highest BCUT2D eigenvalue weighted by Gasteiger charge is 2.31. The molecule has 0 aliphatic carbocycles. The number of alkyl halides is 3. The van der Waals surface area contributed by atoms with Gasteiger partial charge in [0.2, 0.25) is 0 Å². The lowest BCUT2D eigenvalue weighted by atomic mass is 10.0. The van der Waals surface area contributed by atoms with Crippen LogP contribution in [0.15, 0.2) is 36.4 Å². The van der Waals surface area contributed by atoms with Gasteiger partial charge in [-0.1, -0.05) is 35.3 Å². The summed E-state index contributed by atoms with van der Waals surface area (Å²) in [4.78, 5) is 16.1. The summed E-state index contributed by atoms with van der Waals surface area (Å²) in [5.74, 6) is -0.564. The van der Waals surface area contributed by atoms with Crippen molar-refractivity contribution < 1.29 is 22.7 Å². The molecule has 0 aliphatic rings. The zero-order chi connectivity index (χ0) is 18.6. The number of aromatic nitrogens is 1. The summed E-state index contributed by atoms with van der Waals surface area (Å²) in [6, 6.07) is 6.50. The van der Waals surface area contributed by atoms with Gasteiger partial charge in [-0.3, -0.25) is 4.79 Å². The number of hydrogen-bond donors (Lipinski definition) is 1. The summed E-state index contributed by atoms with van der Waals surface area (Å²) in [7, 11) is 1.38. The van der Waals surface area contributed by atoms with Crippen molar-refractivity contribution in [2.24, 2.45) is 0 Å². The predicted molar refractivity (Wildman–Crippen MR) is 87.8 cm³/mol. The van der Waals surface area contributed by atoms with E-state index in [9.17, 15) is 18.0 Å². The summed E-state index contributed by atoms with van der Waals surface area (Å²) in [5.41, 5.74) is -0.412. The number of carbonyl (C=O) groups excluding carboxylic acids is 1. The quantitative estimate of drug-likeness (QED) is 0.760. The molecule has 1 aromatic carbocycles. The van der Waals surface area contributed by atoms with E-state index >= 15 is 0 Å². The first-order valence-corrected chi connectivity index (χ1v) is 7.76. The largest absolute Gasteiger partial charge is 0.416 e. The van der Waals surface area contributed by atoms with E-state index in [-0.39, 0.29) is 28.0 Å². The van der Waals surface area contributed by atoms with Gasteiger partial charge in [-0.15, -0.1) is 0 Å². The normalized spacial score (nSPS) is 12.7. The van der Waals surface area contributed by atoms with Gasteiger partial charge in [0.15, 0.2) is 0 Å². The number of carbonyl (C=O) groups is 1. The molecule has 0 bridgehead atoms. The van der Waals surface area contributed by atoms with Crippen molar-refractivity contribution in [1.82, 2.24) is 10.3 Å². The third-order valence-electron chi connectivity index (χ3n) is 3.28. The van der Waals surface area contributed by atoms with E-state index in [1.54, 1.807) is 0 Å². The fraction of sp³-hybridized carbons (Fsp3) is 0.250. The fourth-order valence-corrected chi connectivity index (χ4v) is 2.62. The van der Waals surface area contributed by atoms with Gasteiger partial charge < -0.3 is 10.1 Å². The molecule has 0 radical (unpaired) electrons. The molecule has 0 spiro atoms. The van der Waals surface area contributed by atoms with Crippen LogP contribution in [0.4, 0.5) is 13.2 Å². The fourth-order valence-electron chi connectivity index (χ4n) is 2.16. The molecule has 4 nitrogen and oxygen atoms in total. The number of halogens is 5. The average Bonchev–Trinajstić information content (AvgIpc) is 2.53. The molecular weight excluding hydrogens is 380 g/mol. The number of methoxy groups -OCH3 is 1. The lowest BCUT2D eigenvalue weighted by Crippen LogP contribution is -2.31. The van der Waals surface area contributed by atoms with Crippen molar-refractivity contribution in [2.45, 2.75) is 12.2 Å². The molecular formula is C16H13Cl2F3N2O2. The molecule has 1 atom stereocenters. The van der Waals surface area contributed by atoms with E-state index in [2.05, 4.69) is 10.3 Å². The van der Waals surface area contributed by atoms with Gasteiger partial charge in [-0.05, 0) is 29.8 Å². The molecule has 2 aromatic rings. The van der Waals surface area contributed by atoms with E-state index in [0.29, 0.717) is 0 Å². The molecule has 2 rings (SSSR count). The molecule has 0 aliphatic heterocycles. The van der Waals surface area contributed by atoms with Crippen molar-refractivity contribution in [3.63, 3.8) is 0 Å². The average molecular weight is 393 g/mol. The van der Waals surface area contributed by atoms with Crippen LogP contribution in [0.5, 0.6) is 0 Å². The molecule has 1 unspecified atom stereocenters. The molecule has 0 saturated carbocycles. The zero-order valence-electron chi connectivity index (χ0n) is 12.9. The SMILES string of the molecule is COCC(NC(=O)c1cc(Cl)nc(Cl)c1)c1cccc(C(F)(F)F)c1. The van der Waals surface area contributed by atoms with E-state index in [4.69, 9.17) is 27.9 Å². The second-order valence-electron chi connectivity index (χ2n) is 5.11. The minimum absolute atomic E-state index is 0.0143. The molecule has 1 aromatic heterocycles. The van der Waals surface area contributed by atoms with E-state index < -0.39 is 23.7 Å². The Labute approximate surface area is 151 Å². The predicted octanol–water partition coefficient (Wildman–Crippen LogP) is 4.52. The smallest absolute Gasteiger partial charge is 0.382 e. The van der Waals surface area contributed by atoms with E-state index in [0.717, 1.165) is 12.1 Å². The highest BCUT2D eigenvalue weighted by atomic mass is 35.5. The Morgan fingerprint density at radius 2 is 1.88 bits per heavy atom. The number of rotatable bonds is 5. The van der Waals surface area contributed by atoms with Crippen molar-refractivity contribution in [3.05, 3.63) is 63.4 Å². The maximum Gasteiger partial charge on any atom is 0.416 e. The number of ether oxygens (including phenoxy) is 1. The molecule has 1 amide bonds. The molecule has 9 heteroatoms. The Kier molecular flexibility index (Phi) is 6.26. The van der Waals surface area contributed by atoms with Crippen LogP contribution in [0, 0.1) is 0 Å². The van der Waals surface area contributed by atoms with Crippen LogP contribution in [0.25, 0.3) is 0 Å². The first kappa shape index (κ1) is 19.5. The number of nitrogens with zero attached hydrogens (tertiary/aromatic N) is 1. The summed E-state index contributed by atoms with van der Waals surface area (Å²) >= 11 is 11.5. The number of hydrogen-bond acceptors (Lipinski definition) is 3. The molecule has 0 fully saturated rings. The Morgan fingerprint density at radius 1 is 1.24 bits per heavy atom. The summed E-state index contributed by atoms with van der Waals surface area (Å²) in [6.07, 6.45) is -4.48. The molecule has 134 valence electrons. The van der Waals surface area contributed by atoms with Gasteiger partial charge in [0.25, 0.3) is 5.91 Å². The molecule has 1 heterocycles. The number of pyridine rings is 1. The second-order valence-corrected chi connectivity index (χ2v) is 5.88. The van der Waals surface area contributed by atoms with Gasteiger partial charge in [0.05, 0.1) is 18.2 Å². The Hall–Kier alpha value is -1.83. The lowest BCUT2D eigenvalue weighted by molar-refractivity contribution is -0.137. The number of benzene rings is 1. The molecule has 25 heavy (non-hydrogen) atoms. The zero-order valence-corrected chi connectivity index (χ0v) is 14.4. The third kappa shape index (κ3) is 5.32. The second kappa shape index (κ2) is 8.03. The van der Waals surface area contributed by atoms with E-state index in [1.807, 2.05) is 0 Å². The number of amides is 1. The minimum Gasteiger partial charge on any atom is -0.382 e. The summed E-state index contributed by atoms with van der Waals surface area (Å²) in [5, 5.41) is 2.66. The van der Waals surface area contributed by atoms with Crippen molar-refractivity contribution in [1.29, 1.82) is 0 Å². The van der Waals surface area contributed by atoms with Crippen LogP contribution in [0.2, 0.25) is 10.3 Å². The third-order valence-corrected chi connectivity index (χ3v) is 3.67. The highest BCUT2D eigenvalue weighted by Crippen LogP contribution is 2.31. The van der Waals surface area contributed by atoms with Crippen molar-refractivity contribution >= 4 is 29.1 Å². The first-order valence-electron chi connectivity index (χ1n) is 7.00. The van der Waals surface area contributed by atoms with E-state index in [1.165, 1.54) is 31.4 Å². The van der Waals surface area contributed by atoms with Gasteiger partial charge in [-0.2, -0.15) is 13.2 Å². The Balaban J connectivity index is 2.28. The first-order chi connectivity index (χ1) is 11.7. The van der Waals surface area contributed by atoms with Crippen LogP contribution in [0.1, 0.15) is 27.5 Å². The highest BCUT2D eigenvalue weighted by molar-refractivity contribution is 6.33. The Morgan fingerprint density at radius 3 is 2.44 bits per heavy atom. The maximum absolute atomic E-state index is 12.9. The van der Waals surface area contributed by atoms with Crippen LogP contribution in [-0.4, -0.2) is 24.6 Å². The van der Waals surface area contributed by atoms with Gasteiger partial charge in [-0.25, -0.2) is 4.98 Å². The minimum atomic E-state index is -4.48. The lowest BCUT2D eigenvalue weighted by Gasteiger charge is -2.20. The van der Waals surface area contributed by atoms with Crippen LogP contribution < -0.4 is 5.32 Å². The molecule has 1 N–H and O–H groups in total. The van der Waals surface area contributed by atoms with Crippen LogP contribution in [-0.2, 0) is 10.9 Å². The maximum atomic E-state index is 12.9.